The molecule has 21 heavy (non-hydrogen) atoms. The summed E-state index contributed by atoms with van der Waals surface area (Å²) in [4.78, 5) is 22.8. The number of anilines is 1. The first-order valence-corrected chi connectivity index (χ1v) is 7.93. The normalized spacial score (nSPS) is 10.7. The van der Waals surface area contributed by atoms with Crippen molar-refractivity contribution in [3.05, 3.63) is 18.0 Å². The predicted molar refractivity (Wildman–Crippen MR) is 86.6 cm³/mol. The second kappa shape index (κ2) is 9.32. The molecule has 0 aliphatic heterocycles. The van der Waals surface area contributed by atoms with Gasteiger partial charge in [-0.15, -0.1) is 0 Å². The van der Waals surface area contributed by atoms with Gasteiger partial charge in [-0.05, 0) is 25.2 Å². The van der Waals surface area contributed by atoms with Crippen molar-refractivity contribution in [1.82, 2.24) is 15.3 Å². The van der Waals surface area contributed by atoms with E-state index in [4.69, 9.17) is 0 Å². The van der Waals surface area contributed by atoms with Gasteiger partial charge in [0.25, 0.3) is 5.91 Å². The number of hydrogen-bond donors (Lipinski definition) is 1. The van der Waals surface area contributed by atoms with E-state index in [0.717, 1.165) is 32.4 Å². The van der Waals surface area contributed by atoms with Gasteiger partial charge in [-0.1, -0.05) is 27.7 Å². The van der Waals surface area contributed by atoms with Crippen LogP contribution in [0.4, 0.5) is 5.95 Å². The van der Waals surface area contributed by atoms with Gasteiger partial charge in [0, 0.05) is 32.0 Å². The molecule has 0 aliphatic carbocycles. The largest absolute Gasteiger partial charge is 0.352 e. The summed E-state index contributed by atoms with van der Waals surface area (Å²) in [5, 5.41) is 2.90. The molecule has 1 aromatic heterocycles. The molecule has 0 saturated heterocycles. The van der Waals surface area contributed by atoms with Crippen LogP contribution in [0, 0.1) is 5.92 Å². The number of carbonyl (C=O) groups excluding carboxylic acids is 1. The number of hydrogen-bond acceptors (Lipinski definition) is 4. The Labute approximate surface area is 128 Å². The third-order valence-corrected chi connectivity index (χ3v) is 3.18. The molecule has 0 unspecified atom stereocenters. The molecule has 0 spiro atoms. The Kier molecular flexibility index (Phi) is 7.72. The van der Waals surface area contributed by atoms with Gasteiger partial charge in [0.2, 0.25) is 5.95 Å². The molecular formula is C16H28N4O. The molecule has 5 nitrogen and oxygen atoms in total. The van der Waals surface area contributed by atoms with Crippen LogP contribution >= 0.6 is 0 Å². The van der Waals surface area contributed by atoms with Crippen LogP contribution in [0.5, 0.6) is 0 Å². The lowest BCUT2D eigenvalue weighted by molar-refractivity contribution is 0.0951. The van der Waals surface area contributed by atoms with E-state index in [1.807, 2.05) is 0 Å². The van der Waals surface area contributed by atoms with Gasteiger partial charge in [0.15, 0.2) is 0 Å². The van der Waals surface area contributed by atoms with Crippen molar-refractivity contribution in [1.29, 1.82) is 0 Å². The molecule has 1 heterocycles. The zero-order valence-electron chi connectivity index (χ0n) is 13.7. The van der Waals surface area contributed by atoms with E-state index in [0.29, 0.717) is 24.0 Å². The summed E-state index contributed by atoms with van der Waals surface area (Å²) in [7, 11) is 0. The van der Waals surface area contributed by atoms with Crippen LogP contribution in [0.2, 0.25) is 0 Å². The topological polar surface area (TPSA) is 58.1 Å². The van der Waals surface area contributed by atoms with Crippen LogP contribution in [0.15, 0.2) is 12.4 Å². The van der Waals surface area contributed by atoms with Gasteiger partial charge in [0.1, 0.15) is 0 Å². The zero-order chi connectivity index (χ0) is 15.7. The fourth-order valence-corrected chi connectivity index (χ4v) is 2.03. The minimum Gasteiger partial charge on any atom is -0.352 e. The summed E-state index contributed by atoms with van der Waals surface area (Å²) < 4.78 is 0. The number of carbonyl (C=O) groups is 1. The van der Waals surface area contributed by atoms with E-state index >= 15 is 0 Å². The summed E-state index contributed by atoms with van der Waals surface area (Å²) in [6.45, 7) is 11.1. The highest BCUT2D eigenvalue weighted by molar-refractivity contribution is 5.93. The van der Waals surface area contributed by atoms with Crippen LogP contribution < -0.4 is 10.2 Å². The van der Waals surface area contributed by atoms with Crippen molar-refractivity contribution in [2.75, 3.05) is 24.5 Å². The molecule has 0 aromatic carbocycles. The molecule has 0 aliphatic rings. The molecule has 0 radical (unpaired) electrons. The van der Waals surface area contributed by atoms with Gasteiger partial charge in [-0.2, -0.15) is 0 Å². The van der Waals surface area contributed by atoms with Crippen LogP contribution in [-0.2, 0) is 0 Å². The Morgan fingerprint density at radius 1 is 1.19 bits per heavy atom. The van der Waals surface area contributed by atoms with E-state index in [9.17, 15) is 4.79 Å². The maximum absolute atomic E-state index is 12.0. The third kappa shape index (κ3) is 6.10. The predicted octanol–water partition coefficient (Wildman–Crippen LogP) is 2.88. The van der Waals surface area contributed by atoms with Crippen LogP contribution in [0.25, 0.3) is 0 Å². The van der Waals surface area contributed by atoms with E-state index in [1.165, 1.54) is 0 Å². The SMILES string of the molecule is CCCN(CCC)c1ncc(C(=O)NCCC(C)C)cn1. The second-order valence-corrected chi connectivity index (χ2v) is 5.70. The average Bonchev–Trinajstić information content (AvgIpc) is 2.47. The number of aromatic nitrogens is 2. The van der Waals surface area contributed by atoms with Crippen molar-refractivity contribution >= 4 is 11.9 Å². The smallest absolute Gasteiger partial charge is 0.254 e. The first kappa shape index (κ1) is 17.4. The van der Waals surface area contributed by atoms with Gasteiger partial charge in [-0.3, -0.25) is 4.79 Å². The number of nitrogens with one attached hydrogen (secondary N) is 1. The molecule has 1 amide bonds. The standard InChI is InChI=1S/C16H28N4O/c1-5-9-20(10-6-2)16-18-11-14(12-19-16)15(21)17-8-7-13(3)4/h11-13H,5-10H2,1-4H3,(H,17,21). The lowest BCUT2D eigenvalue weighted by atomic mass is 10.1. The van der Waals surface area contributed by atoms with Crippen molar-refractivity contribution in [2.24, 2.45) is 5.92 Å². The molecular weight excluding hydrogens is 264 g/mol. The molecule has 118 valence electrons. The third-order valence-electron chi connectivity index (χ3n) is 3.18. The fraction of sp³-hybridized carbons (Fsp3) is 0.688. The van der Waals surface area contributed by atoms with Gasteiger partial charge >= 0.3 is 0 Å². The van der Waals surface area contributed by atoms with Crippen molar-refractivity contribution < 1.29 is 4.79 Å². The number of nitrogens with zero attached hydrogens (tertiary/aromatic N) is 3. The van der Waals surface area contributed by atoms with Crippen molar-refractivity contribution in [2.45, 2.75) is 47.0 Å². The summed E-state index contributed by atoms with van der Waals surface area (Å²) in [6.07, 6.45) is 6.32. The Morgan fingerprint density at radius 3 is 2.24 bits per heavy atom. The van der Waals surface area contributed by atoms with E-state index in [2.05, 4.69) is 47.9 Å². The van der Waals surface area contributed by atoms with Gasteiger partial charge < -0.3 is 10.2 Å². The highest BCUT2D eigenvalue weighted by Crippen LogP contribution is 2.08. The molecule has 0 fully saturated rings. The van der Waals surface area contributed by atoms with Crippen LogP contribution in [0.3, 0.4) is 0 Å². The molecule has 1 rings (SSSR count). The molecule has 1 N–H and O–H groups in total. The molecule has 0 bridgehead atoms. The summed E-state index contributed by atoms with van der Waals surface area (Å²) in [6, 6.07) is 0. The maximum Gasteiger partial charge on any atom is 0.254 e. The minimum atomic E-state index is -0.0975. The molecule has 1 aromatic rings. The zero-order valence-corrected chi connectivity index (χ0v) is 13.7. The summed E-state index contributed by atoms with van der Waals surface area (Å²) >= 11 is 0. The Bertz CT molecular complexity index is 411. The van der Waals surface area contributed by atoms with Gasteiger partial charge in [0.05, 0.1) is 5.56 Å². The lowest BCUT2D eigenvalue weighted by Gasteiger charge is -2.21. The Balaban J connectivity index is 2.61. The summed E-state index contributed by atoms with van der Waals surface area (Å²) in [5.41, 5.74) is 0.524. The molecule has 0 atom stereocenters. The van der Waals surface area contributed by atoms with E-state index in [-0.39, 0.29) is 5.91 Å². The maximum atomic E-state index is 12.0. The molecule has 0 saturated carbocycles. The Hall–Kier alpha value is -1.65. The monoisotopic (exact) mass is 292 g/mol. The van der Waals surface area contributed by atoms with E-state index in [1.54, 1.807) is 12.4 Å². The number of amides is 1. The van der Waals surface area contributed by atoms with Crippen molar-refractivity contribution in [3.63, 3.8) is 0 Å². The van der Waals surface area contributed by atoms with Crippen molar-refractivity contribution in [3.8, 4) is 0 Å². The van der Waals surface area contributed by atoms with E-state index < -0.39 is 0 Å². The van der Waals surface area contributed by atoms with Crippen LogP contribution in [-0.4, -0.2) is 35.5 Å². The Morgan fingerprint density at radius 2 is 1.76 bits per heavy atom. The average molecular weight is 292 g/mol. The second-order valence-electron chi connectivity index (χ2n) is 5.70. The fourth-order valence-electron chi connectivity index (χ4n) is 2.03. The highest BCUT2D eigenvalue weighted by Gasteiger charge is 2.10. The lowest BCUT2D eigenvalue weighted by Crippen LogP contribution is -2.28. The first-order chi connectivity index (χ1) is 10.1. The first-order valence-electron chi connectivity index (χ1n) is 7.93. The van der Waals surface area contributed by atoms with Gasteiger partial charge in [-0.25, -0.2) is 9.97 Å². The minimum absolute atomic E-state index is 0.0975. The number of rotatable bonds is 9. The quantitative estimate of drug-likeness (QED) is 0.760. The van der Waals surface area contributed by atoms with Crippen LogP contribution in [0.1, 0.15) is 57.3 Å². The molecule has 5 heteroatoms. The summed E-state index contributed by atoms with van der Waals surface area (Å²) in [5.74, 6) is 1.19. The highest BCUT2D eigenvalue weighted by atomic mass is 16.1.